The fraction of sp³-hybridized carbons (Fsp3) is 0. The minimum absolute atomic E-state index is 0.883. The summed E-state index contributed by atoms with van der Waals surface area (Å²) < 4.78 is 8.97. The second-order valence-corrected chi connectivity index (χ2v) is 14.4. The molecule has 0 aliphatic heterocycles. The van der Waals surface area contributed by atoms with Gasteiger partial charge in [-0.2, -0.15) is 0 Å². The lowest BCUT2D eigenvalue weighted by molar-refractivity contribution is 0.669. The Kier molecular flexibility index (Phi) is 6.16. The summed E-state index contributed by atoms with van der Waals surface area (Å²) >= 11 is 1.85. The number of thiophene rings is 1. The number of benzene rings is 9. The summed E-state index contributed by atoms with van der Waals surface area (Å²) in [6, 6.07) is 63.9. The van der Waals surface area contributed by atoms with Gasteiger partial charge in [-0.15, -0.1) is 11.3 Å². The van der Waals surface area contributed by atoms with Gasteiger partial charge < -0.3 is 9.32 Å². The Balaban J connectivity index is 1.05. The molecule has 0 N–H and O–H groups in total. The zero-order chi connectivity index (χ0) is 33.5. The van der Waals surface area contributed by atoms with Gasteiger partial charge in [0.1, 0.15) is 11.2 Å². The van der Waals surface area contributed by atoms with Crippen molar-refractivity contribution in [3.8, 4) is 11.1 Å². The quantitative estimate of drug-likeness (QED) is 0.174. The van der Waals surface area contributed by atoms with Crippen molar-refractivity contribution < 1.29 is 4.42 Å². The van der Waals surface area contributed by atoms with Crippen LogP contribution in [0.3, 0.4) is 0 Å². The Labute approximate surface area is 298 Å². The molecule has 2 aromatic heterocycles. The molecule has 0 fully saturated rings. The van der Waals surface area contributed by atoms with E-state index in [0.717, 1.165) is 39.0 Å². The molecule has 11 aromatic rings. The molecule has 0 unspecified atom stereocenters. The zero-order valence-electron chi connectivity index (χ0n) is 27.5. The van der Waals surface area contributed by atoms with Crippen molar-refractivity contribution in [2.45, 2.75) is 0 Å². The first kappa shape index (κ1) is 28.4. The molecule has 9 aromatic carbocycles. The van der Waals surface area contributed by atoms with Gasteiger partial charge in [-0.3, -0.25) is 0 Å². The van der Waals surface area contributed by atoms with Crippen molar-refractivity contribution >= 4 is 103 Å². The second kappa shape index (κ2) is 11.0. The molecule has 0 atom stereocenters. The van der Waals surface area contributed by atoms with E-state index < -0.39 is 0 Å². The maximum Gasteiger partial charge on any atom is 0.137 e. The first-order valence-corrected chi connectivity index (χ1v) is 18.1. The number of hydrogen-bond donors (Lipinski definition) is 0. The Hall–Kier alpha value is -6.42. The van der Waals surface area contributed by atoms with Crippen LogP contribution in [0.25, 0.3) is 85.6 Å². The van der Waals surface area contributed by atoms with Crippen LogP contribution in [0.15, 0.2) is 180 Å². The normalized spacial score (nSPS) is 11.9. The van der Waals surface area contributed by atoms with Gasteiger partial charge >= 0.3 is 0 Å². The number of furan rings is 1. The molecule has 51 heavy (non-hydrogen) atoms. The van der Waals surface area contributed by atoms with E-state index in [1.54, 1.807) is 0 Å². The van der Waals surface area contributed by atoms with Crippen LogP contribution in [0.4, 0.5) is 17.1 Å². The highest BCUT2D eigenvalue weighted by Gasteiger charge is 2.17. The lowest BCUT2D eigenvalue weighted by Gasteiger charge is -2.26. The van der Waals surface area contributed by atoms with E-state index in [1.165, 1.54) is 63.6 Å². The summed E-state index contributed by atoms with van der Waals surface area (Å²) in [5.74, 6) is 0. The van der Waals surface area contributed by atoms with Gasteiger partial charge in [-0.05, 0) is 104 Å². The van der Waals surface area contributed by atoms with Gasteiger partial charge in [0.25, 0.3) is 0 Å². The van der Waals surface area contributed by atoms with Crippen LogP contribution >= 0.6 is 11.3 Å². The van der Waals surface area contributed by atoms with Gasteiger partial charge in [0.2, 0.25) is 0 Å². The summed E-state index contributed by atoms with van der Waals surface area (Å²) in [5.41, 5.74) is 7.43. The fourth-order valence-corrected chi connectivity index (χ4v) is 9.04. The van der Waals surface area contributed by atoms with E-state index in [2.05, 4.69) is 169 Å². The Bertz CT molecular complexity index is 3150. The minimum atomic E-state index is 0.883. The highest BCUT2D eigenvalue weighted by Crippen LogP contribution is 2.43. The first-order chi connectivity index (χ1) is 25.2. The molecule has 0 saturated carbocycles. The molecular weight excluding hydrogens is 639 g/mol. The summed E-state index contributed by atoms with van der Waals surface area (Å²) in [4.78, 5) is 2.35. The molecule has 0 aliphatic rings. The Morgan fingerprint density at radius 2 is 0.922 bits per heavy atom. The van der Waals surface area contributed by atoms with Crippen LogP contribution in [0, 0.1) is 0 Å². The second-order valence-electron chi connectivity index (χ2n) is 13.3. The fourth-order valence-electron chi connectivity index (χ4n) is 7.95. The summed E-state index contributed by atoms with van der Waals surface area (Å²) in [7, 11) is 0. The molecule has 11 rings (SSSR count). The third-order valence-electron chi connectivity index (χ3n) is 10.4. The van der Waals surface area contributed by atoms with Crippen molar-refractivity contribution in [3.63, 3.8) is 0 Å². The van der Waals surface area contributed by atoms with E-state index in [0.29, 0.717) is 0 Å². The Morgan fingerprint density at radius 3 is 1.80 bits per heavy atom. The molecule has 0 bridgehead atoms. The highest BCUT2D eigenvalue weighted by molar-refractivity contribution is 7.25. The van der Waals surface area contributed by atoms with E-state index in [-0.39, 0.29) is 0 Å². The third kappa shape index (κ3) is 4.49. The molecule has 0 aliphatic carbocycles. The number of anilines is 3. The largest absolute Gasteiger partial charge is 0.456 e. The first-order valence-electron chi connectivity index (χ1n) is 17.3. The maximum absolute atomic E-state index is 6.37. The van der Waals surface area contributed by atoms with Crippen molar-refractivity contribution in [2.75, 3.05) is 4.90 Å². The molecule has 0 saturated heterocycles. The topological polar surface area (TPSA) is 16.4 Å². The summed E-state index contributed by atoms with van der Waals surface area (Å²) in [6.07, 6.45) is 0. The summed E-state index contributed by atoms with van der Waals surface area (Å²) in [5, 5.41) is 12.5. The molecular formula is C48H29NOS. The van der Waals surface area contributed by atoms with Crippen LogP contribution in [0.2, 0.25) is 0 Å². The molecule has 3 heteroatoms. The van der Waals surface area contributed by atoms with Crippen molar-refractivity contribution in [1.82, 2.24) is 0 Å². The van der Waals surface area contributed by atoms with Crippen LogP contribution in [-0.2, 0) is 0 Å². The minimum Gasteiger partial charge on any atom is -0.456 e. The third-order valence-corrected chi connectivity index (χ3v) is 11.6. The number of rotatable bonds is 4. The SMILES string of the molecule is c1ccc2c(c1)ccc1c3cc(-c4ccc(N(c5ccc6c(c5)oc5ccccc56)c5ccc6sc7ccccc7c6c5)cc4)ccc3ccc21. The molecule has 0 radical (unpaired) electrons. The summed E-state index contributed by atoms with van der Waals surface area (Å²) in [6.45, 7) is 0. The number of fused-ring (bicyclic) bond motifs is 11. The zero-order valence-corrected chi connectivity index (χ0v) is 28.3. The van der Waals surface area contributed by atoms with E-state index in [9.17, 15) is 0 Å². The Morgan fingerprint density at radius 1 is 0.333 bits per heavy atom. The van der Waals surface area contributed by atoms with Crippen LogP contribution < -0.4 is 4.90 Å². The lowest BCUT2D eigenvalue weighted by atomic mass is 9.94. The molecule has 0 spiro atoms. The van der Waals surface area contributed by atoms with Gasteiger partial charge in [-0.25, -0.2) is 0 Å². The predicted molar refractivity (Wildman–Crippen MR) is 219 cm³/mol. The van der Waals surface area contributed by atoms with Gasteiger partial charge in [0, 0.05) is 54.1 Å². The standard InChI is InChI=1S/C48H29NOS/c1-2-8-37-31(7-1)17-24-39-38(37)23-18-32-13-14-33(27-43(32)39)30-15-19-34(20-16-30)49(35-22-26-48-44(28-35)42-10-4-6-12-47(42)51-48)36-21-25-41-40-9-3-5-11-45(40)50-46(41)29-36/h1-29H. The number of hydrogen-bond acceptors (Lipinski definition) is 3. The smallest absolute Gasteiger partial charge is 0.137 e. The van der Waals surface area contributed by atoms with Crippen LogP contribution in [0.1, 0.15) is 0 Å². The van der Waals surface area contributed by atoms with Crippen molar-refractivity contribution in [3.05, 3.63) is 176 Å². The molecule has 2 heterocycles. The average molecular weight is 668 g/mol. The number of para-hydroxylation sites is 1. The van der Waals surface area contributed by atoms with Crippen molar-refractivity contribution in [1.29, 1.82) is 0 Å². The lowest BCUT2D eigenvalue weighted by Crippen LogP contribution is -2.09. The van der Waals surface area contributed by atoms with Crippen LogP contribution in [-0.4, -0.2) is 0 Å². The van der Waals surface area contributed by atoms with Gasteiger partial charge in [-0.1, -0.05) is 109 Å². The van der Waals surface area contributed by atoms with Gasteiger partial charge in [0.15, 0.2) is 0 Å². The monoisotopic (exact) mass is 667 g/mol. The van der Waals surface area contributed by atoms with E-state index in [4.69, 9.17) is 4.42 Å². The molecule has 2 nitrogen and oxygen atoms in total. The van der Waals surface area contributed by atoms with E-state index in [1.807, 2.05) is 23.5 Å². The molecule has 238 valence electrons. The highest BCUT2D eigenvalue weighted by atomic mass is 32.1. The predicted octanol–water partition coefficient (Wildman–Crippen LogP) is 14.6. The number of nitrogens with zero attached hydrogens (tertiary/aromatic N) is 1. The average Bonchev–Trinajstić information content (AvgIpc) is 3.75. The maximum atomic E-state index is 6.37. The van der Waals surface area contributed by atoms with Gasteiger partial charge in [0.05, 0.1) is 0 Å². The van der Waals surface area contributed by atoms with E-state index >= 15 is 0 Å². The van der Waals surface area contributed by atoms with Crippen LogP contribution in [0.5, 0.6) is 0 Å². The molecule has 0 amide bonds. The van der Waals surface area contributed by atoms with Crippen molar-refractivity contribution in [2.24, 2.45) is 0 Å².